The van der Waals surface area contributed by atoms with Gasteiger partial charge in [-0.05, 0) is 44.3 Å². The Hall–Kier alpha value is -2.30. The molecule has 0 unspecified atom stereocenters. The van der Waals surface area contributed by atoms with Crippen LogP contribution in [0.2, 0.25) is 5.02 Å². The number of rotatable bonds is 1. The summed E-state index contributed by atoms with van der Waals surface area (Å²) in [6.45, 7) is 4.17. The van der Waals surface area contributed by atoms with E-state index < -0.39 is 0 Å². The molecule has 4 nitrogen and oxygen atoms in total. The van der Waals surface area contributed by atoms with Crippen LogP contribution in [0.3, 0.4) is 0 Å². The lowest BCUT2D eigenvalue weighted by Gasteiger charge is -2.26. The number of para-hydroxylation sites is 1. The van der Waals surface area contributed by atoms with Crippen LogP contribution in [0.5, 0.6) is 0 Å². The van der Waals surface area contributed by atoms with E-state index in [0.717, 1.165) is 65.1 Å². The van der Waals surface area contributed by atoms with E-state index in [4.69, 9.17) is 21.0 Å². The van der Waals surface area contributed by atoms with Gasteiger partial charge in [0.25, 0.3) is 0 Å². The molecule has 0 amide bonds. The van der Waals surface area contributed by atoms with Crippen molar-refractivity contribution in [3.63, 3.8) is 0 Å². The van der Waals surface area contributed by atoms with Gasteiger partial charge in [0.15, 0.2) is 0 Å². The van der Waals surface area contributed by atoms with Crippen LogP contribution >= 0.6 is 11.6 Å². The van der Waals surface area contributed by atoms with Crippen molar-refractivity contribution in [2.45, 2.75) is 6.42 Å². The van der Waals surface area contributed by atoms with Crippen molar-refractivity contribution in [3.8, 4) is 11.5 Å². The summed E-state index contributed by atoms with van der Waals surface area (Å²) in [5.74, 6) is 0.702. The molecule has 3 aliphatic rings. The van der Waals surface area contributed by atoms with Crippen LogP contribution in [-0.2, 0) is 0 Å². The van der Waals surface area contributed by atoms with E-state index in [-0.39, 0.29) is 0 Å². The molecular formula is C21H20ClN3O. The maximum atomic E-state index is 6.34. The lowest BCUT2D eigenvalue weighted by Crippen LogP contribution is -2.29. The number of hydrogen-bond donors (Lipinski definition) is 0. The van der Waals surface area contributed by atoms with Crippen molar-refractivity contribution in [2.75, 3.05) is 38.1 Å². The molecule has 0 aliphatic carbocycles. The highest BCUT2D eigenvalue weighted by molar-refractivity contribution is 6.31. The average Bonchev–Trinajstić information content (AvgIpc) is 2.87. The van der Waals surface area contributed by atoms with E-state index in [1.54, 1.807) is 0 Å². The summed E-state index contributed by atoms with van der Waals surface area (Å²) in [7, 11) is 2.19. The molecule has 26 heavy (non-hydrogen) atoms. The van der Waals surface area contributed by atoms with Gasteiger partial charge in [0, 0.05) is 35.4 Å². The summed E-state index contributed by atoms with van der Waals surface area (Å²) in [5, 5.41) is 2.93. The molecule has 0 atom stereocenters. The first-order valence-electron chi connectivity index (χ1n) is 9.05. The normalized spacial score (nSPS) is 16.6. The highest BCUT2D eigenvalue weighted by Crippen LogP contribution is 2.44. The fourth-order valence-corrected chi connectivity index (χ4v) is 4.15. The minimum Gasteiger partial charge on any atom is -0.438 e. The summed E-state index contributed by atoms with van der Waals surface area (Å²) in [6.07, 6.45) is 1.14. The van der Waals surface area contributed by atoms with Crippen LogP contribution in [0.25, 0.3) is 33.3 Å². The molecule has 5 rings (SSSR count). The summed E-state index contributed by atoms with van der Waals surface area (Å²) in [4.78, 5) is 9.62. The number of hydrogen-bond acceptors (Lipinski definition) is 4. The molecule has 2 aromatic rings. The Morgan fingerprint density at radius 2 is 1.88 bits per heavy atom. The Kier molecular flexibility index (Phi) is 3.76. The quantitative estimate of drug-likeness (QED) is 0.481. The second-order valence-electron chi connectivity index (χ2n) is 7.04. The van der Waals surface area contributed by atoms with Gasteiger partial charge in [-0.2, -0.15) is 0 Å². The second kappa shape index (κ2) is 6.15. The molecule has 2 aromatic carbocycles. The van der Waals surface area contributed by atoms with Crippen LogP contribution in [0.15, 0.2) is 46.9 Å². The van der Waals surface area contributed by atoms with Crippen LogP contribution in [0.4, 0.5) is 5.69 Å². The third-order valence-corrected chi connectivity index (χ3v) is 5.52. The average molecular weight is 366 g/mol. The number of anilines is 1. The van der Waals surface area contributed by atoms with Crippen molar-refractivity contribution >= 4 is 39.2 Å². The summed E-state index contributed by atoms with van der Waals surface area (Å²) < 4.78 is 6.16. The number of halogens is 1. The first kappa shape index (κ1) is 15.9. The van der Waals surface area contributed by atoms with Gasteiger partial charge in [-0.3, -0.25) is 0 Å². The zero-order chi connectivity index (χ0) is 17.7. The van der Waals surface area contributed by atoms with E-state index in [1.165, 1.54) is 5.69 Å². The van der Waals surface area contributed by atoms with E-state index in [9.17, 15) is 0 Å². The van der Waals surface area contributed by atoms with Crippen LogP contribution < -0.4 is 4.90 Å². The van der Waals surface area contributed by atoms with Gasteiger partial charge in [-0.25, -0.2) is 4.98 Å². The Morgan fingerprint density at radius 3 is 2.81 bits per heavy atom. The monoisotopic (exact) mass is 365 g/mol. The number of nitrogens with zero attached hydrogens (tertiary/aromatic N) is 3. The Balaban J connectivity index is 1.85. The topological polar surface area (TPSA) is 32.5 Å². The molecule has 132 valence electrons. The Bertz CT molecular complexity index is 1070. The number of fused-ring (bicyclic) bond motifs is 4. The van der Waals surface area contributed by atoms with Crippen LogP contribution in [0.1, 0.15) is 6.42 Å². The molecule has 0 N–H and O–H groups in total. The Morgan fingerprint density at radius 1 is 1.00 bits per heavy atom. The molecule has 0 bridgehead atoms. The van der Waals surface area contributed by atoms with Crippen molar-refractivity contribution in [3.05, 3.63) is 47.5 Å². The number of likely N-dealkylation sites (N-methyl/N-ethyl adjacent to an activating group) is 1. The molecule has 0 aromatic heterocycles. The molecule has 1 fully saturated rings. The van der Waals surface area contributed by atoms with Gasteiger partial charge in [0.2, 0.25) is 5.89 Å². The van der Waals surface area contributed by atoms with Gasteiger partial charge >= 0.3 is 0 Å². The summed E-state index contributed by atoms with van der Waals surface area (Å²) in [6, 6.07) is 14.1. The van der Waals surface area contributed by atoms with E-state index in [1.807, 2.05) is 30.3 Å². The van der Waals surface area contributed by atoms with Gasteiger partial charge < -0.3 is 14.2 Å². The molecule has 1 saturated heterocycles. The smallest absolute Gasteiger partial charge is 0.229 e. The zero-order valence-electron chi connectivity index (χ0n) is 14.7. The zero-order valence-corrected chi connectivity index (χ0v) is 15.5. The first-order valence-corrected chi connectivity index (χ1v) is 9.42. The molecule has 3 aliphatic heterocycles. The van der Waals surface area contributed by atoms with Gasteiger partial charge in [0.1, 0.15) is 5.58 Å². The van der Waals surface area contributed by atoms with Crippen molar-refractivity contribution in [1.29, 1.82) is 0 Å². The molecule has 0 radical (unpaired) electrons. The molecule has 5 heteroatoms. The van der Waals surface area contributed by atoms with Crippen molar-refractivity contribution in [1.82, 2.24) is 9.88 Å². The van der Waals surface area contributed by atoms with E-state index >= 15 is 0 Å². The minimum absolute atomic E-state index is 0.702. The molecular weight excluding hydrogens is 346 g/mol. The maximum Gasteiger partial charge on any atom is 0.229 e. The largest absolute Gasteiger partial charge is 0.438 e. The van der Waals surface area contributed by atoms with E-state index in [2.05, 4.69) is 29.0 Å². The van der Waals surface area contributed by atoms with Crippen molar-refractivity contribution in [2.24, 2.45) is 0 Å². The predicted molar refractivity (Wildman–Crippen MR) is 107 cm³/mol. The number of benzene rings is 2. The highest BCUT2D eigenvalue weighted by Gasteiger charge is 2.26. The fourth-order valence-electron chi connectivity index (χ4n) is 3.98. The molecule has 3 heterocycles. The van der Waals surface area contributed by atoms with E-state index in [0.29, 0.717) is 5.89 Å². The maximum absolute atomic E-state index is 6.34. The predicted octanol–water partition coefficient (Wildman–Crippen LogP) is 4.88. The SMILES string of the molecule is CN1CCCN(c2c3c4ccccc4nc-3oc3ccc(Cl)cc23)CC1. The minimum atomic E-state index is 0.702. The van der Waals surface area contributed by atoms with Crippen molar-refractivity contribution < 1.29 is 4.42 Å². The second-order valence-corrected chi connectivity index (χ2v) is 7.48. The summed E-state index contributed by atoms with van der Waals surface area (Å²) in [5.41, 5.74) is 4.10. The fraction of sp³-hybridized carbons (Fsp3) is 0.286. The lowest BCUT2D eigenvalue weighted by molar-refractivity contribution is 0.360. The number of aromatic nitrogens is 1. The van der Waals surface area contributed by atoms with Crippen LogP contribution in [-0.4, -0.2) is 43.1 Å². The standard InChI is InChI=1S/C21H20ClN3O/c1-24-9-4-10-25(12-11-24)20-16-13-14(22)7-8-18(16)26-21-19(20)15-5-2-3-6-17(15)23-21/h2-3,5-8,13H,4,9-12H2,1H3. The third-order valence-electron chi connectivity index (χ3n) is 5.29. The Labute approximate surface area is 157 Å². The van der Waals surface area contributed by atoms with Gasteiger partial charge in [0.05, 0.1) is 16.8 Å². The molecule has 0 spiro atoms. The van der Waals surface area contributed by atoms with Crippen LogP contribution in [0, 0.1) is 0 Å². The molecule has 0 saturated carbocycles. The summed E-state index contributed by atoms with van der Waals surface area (Å²) >= 11 is 6.34. The van der Waals surface area contributed by atoms with Gasteiger partial charge in [-0.15, -0.1) is 0 Å². The highest BCUT2D eigenvalue weighted by atomic mass is 35.5. The van der Waals surface area contributed by atoms with Gasteiger partial charge in [-0.1, -0.05) is 29.8 Å². The first-order chi connectivity index (χ1) is 12.7. The lowest BCUT2D eigenvalue weighted by atomic mass is 10.0. The third kappa shape index (κ3) is 2.52.